The quantitative estimate of drug-likeness (QED) is 0.485. The van der Waals surface area contributed by atoms with E-state index in [2.05, 4.69) is 11.2 Å². The number of rotatable bonds is 6. The predicted octanol–water partition coefficient (Wildman–Crippen LogP) is -0.164. The van der Waals surface area contributed by atoms with Crippen molar-refractivity contribution in [1.82, 2.24) is 5.32 Å². The zero-order chi connectivity index (χ0) is 11.7. The van der Waals surface area contributed by atoms with Crippen LogP contribution in [-0.2, 0) is 9.59 Å². The lowest BCUT2D eigenvalue weighted by atomic mass is 10.2. The number of thioether (sulfide) groups is 1. The van der Waals surface area contributed by atoms with Crippen molar-refractivity contribution < 1.29 is 14.7 Å². The number of carboxylic acid groups (broad SMARTS) is 1. The third-order valence-corrected chi connectivity index (χ3v) is 2.15. The van der Waals surface area contributed by atoms with Gasteiger partial charge in [0.2, 0.25) is 5.91 Å². The number of amides is 1. The molecule has 15 heavy (non-hydrogen) atoms. The average molecular weight is 226 g/mol. The van der Waals surface area contributed by atoms with Crippen molar-refractivity contribution >= 4 is 23.6 Å². The van der Waals surface area contributed by atoms with Crippen LogP contribution in [0.5, 0.6) is 0 Å². The molecule has 0 saturated heterocycles. The van der Waals surface area contributed by atoms with Gasteiger partial charge in [0, 0.05) is 6.42 Å². The van der Waals surface area contributed by atoms with E-state index in [9.17, 15) is 9.59 Å². The van der Waals surface area contributed by atoms with Gasteiger partial charge in [-0.05, 0) is 0 Å². The highest BCUT2D eigenvalue weighted by Crippen LogP contribution is 1.98. The molecule has 0 aromatic rings. The summed E-state index contributed by atoms with van der Waals surface area (Å²) in [5, 5.41) is 19.1. The highest BCUT2D eigenvalue weighted by atomic mass is 32.2. The molecule has 0 radical (unpaired) electrons. The maximum absolute atomic E-state index is 11.1. The fourth-order valence-electron chi connectivity index (χ4n) is 0.743. The van der Waals surface area contributed by atoms with E-state index in [-0.39, 0.29) is 17.9 Å². The van der Waals surface area contributed by atoms with Crippen LogP contribution >= 0.6 is 11.8 Å². The summed E-state index contributed by atoms with van der Waals surface area (Å²) in [7, 11) is 0. The normalized spacial score (nSPS) is 10.8. The van der Waals surface area contributed by atoms with Gasteiger partial charge in [-0.3, -0.25) is 4.79 Å². The van der Waals surface area contributed by atoms with Crippen LogP contribution in [0, 0.1) is 23.7 Å². The van der Waals surface area contributed by atoms with Crippen molar-refractivity contribution in [2.75, 3.05) is 11.5 Å². The first-order chi connectivity index (χ1) is 7.11. The maximum atomic E-state index is 11.1. The fraction of sp³-hybridized carbons (Fsp3) is 0.444. The molecule has 1 amide bonds. The first kappa shape index (κ1) is 13.3. The van der Waals surface area contributed by atoms with Gasteiger partial charge in [-0.15, -0.1) is 24.1 Å². The van der Waals surface area contributed by atoms with Crippen molar-refractivity contribution in [2.45, 2.75) is 12.5 Å². The van der Waals surface area contributed by atoms with Crippen LogP contribution in [0.4, 0.5) is 0 Å². The number of nitriles is 1. The number of hydrogen-bond acceptors (Lipinski definition) is 4. The molecule has 5 nitrogen and oxygen atoms in total. The van der Waals surface area contributed by atoms with E-state index in [1.165, 1.54) is 0 Å². The lowest BCUT2D eigenvalue weighted by molar-refractivity contribution is -0.141. The Bertz CT molecular complexity index is 316. The van der Waals surface area contributed by atoms with E-state index in [1.54, 1.807) is 0 Å². The fourth-order valence-corrected chi connectivity index (χ4v) is 1.21. The van der Waals surface area contributed by atoms with Crippen molar-refractivity contribution in [1.29, 1.82) is 5.26 Å². The molecule has 6 heteroatoms. The van der Waals surface area contributed by atoms with Crippen molar-refractivity contribution in [3.63, 3.8) is 0 Å². The number of carbonyl (C=O) groups excluding carboxylic acids is 1. The molecule has 2 N–H and O–H groups in total. The summed E-state index contributed by atoms with van der Waals surface area (Å²) in [6, 6.07) is 0.808. The summed E-state index contributed by atoms with van der Waals surface area (Å²) < 4.78 is 0. The number of terminal acetylenes is 1. The average Bonchev–Trinajstić information content (AvgIpc) is 2.17. The second kappa shape index (κ2) is 7.72. The maximum Gasteiger partial charge on any atom is 0.327 e. The van der Waals surface area contributed by atoms with Gasteiger partial charge < -0.3 is 10.4 Å². The molecular weight excluding hydrogens is 216 g/mol. The Morgan fingerprint density at radius 3 is 2.73 bits per heavy atom. The second-order valence-corrected chi connectivity index (χ2v) is 3.50. The Morgan fingerprint density at radius 1 is 1.60 bits per heavy atom. The van der Waals surface area contributed by atoms with Crippen LogP contribution in [0.25, 0.3) is 0 Å². The zero-order valence-electron chi connectivity index (χ0n) is 7.90. The van der Waals surface area contributed by atoms with Gasteiger partial charge in [0.1, 0.15) is 6.04 Å². The minimum Gasteiger partial charge on any atom is -0.480 e. The van der Waals surface area contributed by atoms with Crippen LogP contribution in [0.15, 0.2) is 0 Å². The standard InChI is InChI=1S/C9H10N2O3S/c1-2-3-7(9(13)14)11-8(12)6-15-5-4-10/h1,7H,3,5-6H2,(H,11,12)(H,13,14). The van der Waals surface area contributed by atoms with Crippen molar-refractivity contribution in [3.05, 3.63) is 0 Å². The van der Waals surface area contributed by atoms with Crippen molar-refractivity contribution in [3.8, 4) is 18.4 Å². The Morgan fingerprint density at radius 2 is 2.27 bits per heavy atom. The summed E-state index contributed by atoms with van der Waals surface area (Å²) >= 11 is 1.12. The van der Waals surface area contributed by atoms with Crippen molar-refractivity contribution in [2.24, 2.45) is 0 Å². The molecule has 1 unspecified atom stereocenters. The van der Waals surface area contributed by atoms with E-state index in [0.29, 0.717) is 0 Å². The molecule has 0 aliphatic carbocycles. The summed E-state index contributed by atoms with van der Waals surface area (Å²) in [6.45, 7) is 0. The molecule has 0 aliphatic heterocycles. The number of hydrogen-bond donors (Lipinski definition) is 2. The summed E-state index contributed by atoms with van der Waals surface area (Å²) in [5.74, 6) is 0.826. The van der Waals surface area contributed by atoms with Crippen LogP contribution in [-0.4, -0.2) is 34.5 Å². The summed E-state index contributed by atoms with van der Waals surface area (Å²) in [6.07, 6.45) is 4.90. The van der Waals surface area contributed by atoms with Crippen LogP contribution in [0.3, 0.4) is 0 Å². The number of carbonyl (C=O) groups is 2. The van der Waals surface area contributed by atoms with Gasteiger partial charge in [0.05, 0.1) is 17.6 Å². The molecule has 0 saturated carbocycles. The number of nitrogens with one attached hydrogen (secondary N) is 1. The van der Waals surface area contributed by atoms with E-state index in [0.717, 1.165) is 11.8 Å². The van der Waals surface area contributed by atoms with E-state index in [1.807, 2.05) is 6.07 Å². The number of carboxylic acids is 1. The molecule has 0 aliphatic rings. The van der Waals surface area contributed by atoms with Gasteiger partial charge in [-0.2, -0.15) is 5.26 Å². The van der Waals surface area contributed by atoms with Gasteiger partial charge in [0.25, 0.3) is 0 Å². The number of aliphatic carboxylic acids is 1. The molecule has 0 fully saturated rings. The second-order valence-electron chi connectivity index (χ2n) is 2.52. The minimum absolute atomic E-state index is 0.0516. The van der Waals surface area contributed by atoms with Crippen LogP contribution < -0.4 is 5.32 Å². The van der Waals surface area contributed by atoms with E-state index in [4.69, 9.17) is 16.8 Å². The summed E-state index contributed by atoms with van der Waals surface area (Å²) in [5.41, 5.74) is 0. The molecule has 1 atom stereocenters. The summed E-state index contributed by atoms with van der Waals surface area (Å²) in [4.78, 5) is 21.7. The Kier molecular flexibility index (Phi) is 6.86. The first-order valence-electron chi connectivity index (χ1n) is 4.02. The monoisotopic (exact) mass is 226 g/mol. The minimum atomic E-state index is -1.16. The SMILES string of the molecule is C#CCC(NC(=O)CSCC#N)C(=O)O. The largest absolute Gasteiger partial charge is 0.480 e. The highest BCUT2D eigenvalue weighted by molar-refractivity contribution is 8.00. The van der Waals surface area contributed by atoms with Gasteiger partial charge in [-0.1, -0.05) is 0 Å². The predicted molar refractivity (Wildman–Crippen MR) is 56.0 cm³/mol. The Hall–Kier alpha value is -1.66. The number of nitrogens with zero attached hydrogens (tertiary/aromatic N) is 1. The molecule has 0 heterocycles. The van der Waals surface area contributed by atoms with E-state index >= 15 is 0 Å². The third kappa shape index (κ3) is 6.42. The molecule has 0 spiro atoms. The Labute approximate surface area is 91.8 Å². The smallest absolute Gasteiger partial charge is 0.327 e. The molecule has 0 bridgehead atoms. The molecule has 80 valence electrons. The molecule has 0 rings (SSSR count). The van der Waals surface area contributed by atoms with E-state index < -0.39 is 17.9 Å². The topological polar surface area (TPSA) is 90.2 Å². The zero-order valence-corrected chi connectivity index (χ0v) is 8.71. The molecule has 0 aromatic carbocycles. The van der Waals surface area contributed by atoms with Crippen LogP contribution in [0.1, 0.15) is 6.42 Å². The Balaban J connectivity index is 3.97. The van der Waals surface area contributed by atoms with Gasteiger partial charge in [0.15, 0.2) is 0 Å². The lowest BCUT2D eigenvalue weighted by Gasteiger charge is -2.10. The highest BCUT2D eigenvalue weighted by Gasteiger charge is 2.18. The molecule has 0 aromatic heterocycles. The van der Waals surface area contributed by atoms with Crippen LogP contribution in [0.2, 0.25) is 0 Å². The lowest BCUT2D eigenvalue weighted by Crippen LogP contribution is -2.41. The third-order valence-electron chi connectivity index (χ3n) is 1.36. The van der Waals surface area contributed by atoms with Gasteiger partial charge in [-0.25, -0.2) is 4.79 Å². The first-order valence-corrected chi connectivity index (χ1v) is 5.17. The molecular formula is C9H10N2O3S. The van der Waals surface area contributed by atoms with Gasteiger partial charge >= 0.3 is 5.97 Å².